The molecule has 1 amide bonds. The lowest BCUT2D eigenvalue weighted by molar-refractivity contribution is 0.176. The molecule has 16 heavy (non-hydrogen) atoms. The van der Waals surface area contributed by atoms with Gasteiger partial charge in [-0.3, -0.25) is 10.4 Å². The van der Waals surface area contributed by atoms with Gasteiger partial charge in [-0.2, -0.15) is 5.10 Å². The molecule has 0 saturated carbocycles. The Morgan fingerprint density at radius 1 is 1.69 bits per heavy atom. The van der Waals surface area contributed by atoms with Crippen LogP contribution in [-0.4, -0.2) is 22.9 Å². The number of ether oxygens (including phenoxy) is 1. The van der Waals surface area contributed by atoms with Crippen LogP contribution >= 0.6 is 0 Å². The van der Waals surface area contributed by atoms with Crippen LogP contribution in [0.15, 0.2) is 6.07 Å². The molecule has 5 heteroatoms. The summed E-state index contributed by atoms with van der Waals surface area (Å²) in [5, 5.41) is 9.26. The van der Waals surface area contributed by atoms with E-state index in [2.05, 4.69) is 26.2 Å². The van der Waals surface area contributed by atoms with Crippen LogP contribution in [0.5, 0.6) is 0 Å². The van der Waals surface area contributed by atoms with Crippen molar-refractivity contribution in [3.8, 4) is 12.3 Å². The van der Waals surface area contributed by atoms with Gasteiger partial charge in [0.15, 0.2) is 12.4 Å². The number of aromatic nitrogens is 2. The third-order valence-electron chi connectivity index (χ3n) is 1.90. The fraction of sp³-hybridized carbons (Fsp3) is 0.455. The van der Waals surface area contributed by atoms with Gasteiger partial charge in [0.25, 0.3) is 0 Å². The predicted molar refractivity (Wildman–Crippen MR) is 61.1 cm³/mol. The van der Waals surface area contributed by atoms with Crippen molar-refractivity contribution in [1.82, 2.24) is 10.2 Å². The van der Waals surface area contributed by atoms with Crippen molar-refractivity contribution < 1.29 is 9.53 Å². The van der Waals surface area contributed by atoms with E-state index >= 15 is 0 Å². The monoisotopic (exact) mass is 221 g/mol. The van der Waals surface area contributed by atoms with Gasteiger partial charge in [0.1, 0.15) is 0 Å². The Kier molecular flexibility index (Phi) is 3.56. The molecule has 5 nitrogen and oxygen atoms in total. The highest BCUT2D eigenvalue weighted by molar-refractivity contribution is 5.83. The zero-order chi connectivity index (χ0) is 12.2. The van der Waals surface area contributed by atoms with E-state index in [1.807, 2.05) is 20.8 Å². The second-order valence-electron chi connectivity index (χ2n) is 4.32. The van der Waals surface area contributed by atoms with Gasteiger partial charge in [-0.05, 0) is 0 Å². The maximum atomic E-state index is 11.1. The molecule has 2 N–H and O–H groups in total. The highest BCUT2D eigenvalue weighted by Crippen LogP contribution is 2.21. The maximum absolute atomic E-state index is 11.1. The van der Waals surface area contributed by atoms with Crippen molar-refractivity contribution in [2.45, 2.75) is 26.2 Å². The molecule has 0 aliphatic carbocycles. The Morgan fingerprint density at radius 3 is 2.88 bits per heavy atom. The summed E-state index contributed by atoms with van der Waals surface area (Å²) in [5.41, 5.74) is 0.884. The molecule has 1 aromatic heterocycles. The standard InChI is InChI=1S/C11H15N3O2/c1-5-6-16-10(15)12-9-7-8(13-14-9)11(2,3)4/h1,7H,6H2,2-4H3,(H2,12,13,14,15). The van der Waals surface area contributed by atoms with E-state index in [1.165, 1.54) is 0 Å². The Bertz CT molecular complexity index is 410. The molecular formula is C11H15N3O2. The minimum atomic E-state index is -0.607. The first kappa shape index (κ1) is 12.1. The molecule has 0 fully saturated rings. The summed E-state index contributed by atoms with van der Waals surface area (Å²) in [7, 11) is 0. The predicted octanol–water partition coefficient (Wildman–Crippen LogP) is 1.89. The molecular weight excluding hydrogens is 206 g/mol. The molecule has 86 valence electrons. The Morgan fingerprint density at radius 2 is 2.38 bits per heavy atom. The second kappa shape index (κ2) is 4.71. The van der Waals surface area contributed by atoms with Crippen molar-refractivity contribution in [3.63, 3.8) is 0 Å². The molecule has 0 bridgehead atoms. The molecule has 1 aromatic rings. The van der Waals surface area contributed by atoms with Gasteiger partial charge in [0.05, 0.1) is 0 Å². The van der Waals surface area contributed by atoms with Gasteiger partial charge in [0, 0.05) is 17.2 Å². The fourth-order valence-electron chi connectivity index (χ4n) is 1.02. The number of hydrogen-bond donors (Lipinski definition) is 2. The maximum Gasteiger partial charge on any atom is 0.413 e. The van der Waals surface area contributed by atoms with E-state index in [0.29, 0.717) is 5.82 Å². The SMILES string of the molecule is C#CCOC(=O)Nc1cc(C(C)(C)C)[nH]n1. The van der Waals surface area contributed by atoms with E-state index < -0.39 is 6.09 Å². The van der Waals surface area contributed by atoms with E-state index in [0.717, 1.165) is 5.69 Å². The van der Waals surface area contributed by atoms with Gasteiger partial charge in [-0.15, -0.1) is 6.42 Å². The van der Waals surface area contributed by atoms with Crippen LogP contribution in [0.2, 0.25) is 0 Å². The molecule has 0 unspecified atom stereocenters. The molecule has 0 aliphatic heterocycles. The second-order valence-corrected chi connectivity index (χ2v) is 4.32. The molecule has 1 rings (SSSR count). The Labute approximate surface area is 94.6 Å². The summed E-state index contributed by atoms with van der Waals surface area (Å²) in [6, 6.07) is 1.76. The molecule has 0 radical (unpaired) electrons. The largest absolute Gasteiger partial charge is 0.436 e. The van der Waals surface area contributed by atoms with E-state index in [-0.39, 0.29) is 12.0 Å². The molecule has 1 heterocycles. The molecule has 0 aromatic carbocycles. The van der Waals surface area contributed by atoms with Crippen molar-refractivity contribution in [2.24, 2.45) is 0 Å². The summed E-state index contributed by atoms with van der Waals surface area (Å²) >= 11 is 0. The van der Waals surface area contributed by atoms with Crippen LogP contribution in [0.4, 0.5) is 10.6 Å². The van der Waals surface area contributed by atoms with Crippen LogP contribution in [0.25, 0.3) is 0 Å². The van der Waals surface area contributed by atoms with Gasteiger partial charge >= 0.3 is 6.09 Å². The molecule has 0 spiro atoms. The van der Waals surface area contributed by atoms with Gasteiger partial charge in [-0.1, -0.05) is 26.7 Å². The van der Waals surface area contributed by atoms with Gasteiger partial charge < -0.3 is 4.74 Å². The first-order valence-corrected chi connectivity index (χ1v) is 4.86. The van der Waals surface area contributed by atoms with Crippen LogP contribution in [0.1, 0.15) is 26.5 Å². The lowest BCUT2D eigenvalue weighted by Gasteiger charge is -2.14. The van der Waals surface area contributed by atoms with Crippen LogP contribution in [-0.2, 0) is 10.2 Å². The number of rotatable bonds is 2. The molecule has 0 aliphatic rings. The van der Waals surface area contributed by atoms with E-state index in [4.69, 9.17) is 6.42 Å². The van der Waals surface area contributed by atoms with Gasteiger partial charge in [0.2, 0.25) is 0 Å². The van der Waals surface area contributed by atoms with E-state index in [1.54, 1.807) is 6.07 Å². The van der Waals surface area contributed by atoms with Crippen LogP contribution in [0, 0.1) is 12.3 Å². The topological polar surface area (TPSA) is 67.0 Å². The lowest BCUT2D eigenvalue weighted by atomic mass is 9.92. The lowest BCUT2D eigenvalue weighted by Crippen LogP contribution is -2.14. The number of amides is 1. The number of aromatic amines is 1. The summed E-state index contributed by atoms with van der Waals surface area (Å²) < 4.78 is 4.65. The summed E-state index contributed by atoms with van der Waals surface area (Å²) in [6.07, 6.45) is 4.35. The average Bonchev–Trinajstić information content (AvgIpc) is 2.62. The van der Waals surface area contributed by atoms with Crippen LogP contribution in [0.3, 0.4) is 0 Å². The summed E-state index contributed by atoms with van der Waals surface area (Å²) in [5.74, 6) is 2.63. The fourth-order valence-corrected chi connectivity index (χ4v) is 1.02. The molecule has 0 atom stereocenters. The quantitative estimate of drug-likeness (QED) is 0.749. The third-order valence-corrected chi connectivity index (χ3v) is 1.90. The Hall–Kier alpha value is -1.96. The summed E-state index contributed by atoms with van der Waals surface area (Å²) in [4.78, 5) is 11.1. The number of nitrogens with zero attached hydrogens (tertiary/aromatic N) is 1. The number of hydrogen-bond acceptors (Lipinski definition) is 3. The zero-order valence-electron chi connectivity index (χ0n) is 9.63. The third kappa shape index (κ3) is 3.31. The minimum Gasteiger partial charge on any atom is -0.436 e. The number of carbonyl (C=O) groups is 1. The minimum absolute atomic E-state index is 0.0460. The van der Waals surface area contributed by atoms with Crippen LogP contribution < -0.4 is 5.32 Å². The van der Waals surface area contributed by atoms with E-state index in [9.17, 15) is 4.79 Å². The highest BCUT2D eigenvalue weighted by atomic mass is 16.5. The highest BCUT2D eigenvalue weighted by Gasteiger charge is 2.17. The summed E-state index contributed by atoms with van der Waals surface area (Å²) in [6.45, 7) is 6.07. The van der Waals surface area contributed by atoms with Crippen molar-refractivity contribution >= 4 is 11.9 Å². The normalized spacial score (nSPS) is 10.6. The first-order valence-electron chi connectivity index (χ1n) is 4.86. The Balaban J connectivity index is 2.60. The number of terminal acetylenes is 1. The first-order chi connectivity index (χ1) is 7.43. The van der Waals surface area contributed by atoms with Crippen molar-refractivity contribution in [1.29, 1.82) is 0 Å². The van der Waals surface area contributed by atoms with Crippen molar-refractivity contribution in [2.75, 3.05) is 11.9 Å². The van der Waals surface area contributed by atoms with Crippen molar-refractivity contribution in [3.05, 3.63) is 11.8 Å². The number of nitrogens with one attached hydrogen (secondary N) is 2. The number of anilines is 1. The smallest absolute Gasteiger partial charge is 0.413 e. The number of H-pyrrole nitrogens is 1. The number of carbonyl (C=O) groups excluding carboxylic acids is 1. The zero-order valence-corrected chi connectivity index (χ0v) is 9.63. The average molecular weight is 221 g/mol. The van der Waals surface area contributed by atoms with Gasteiger partial charge in [-0.25, -0.2) is 4.79 Å². The molecule has 0 saturated heterocycles.